The maximum absolute atomic E-state index is 14.3. The van der Waals surface area contributed by atoms with Gasteiger partial charge < -0.3 is 30.9 Å². The SMILES string of the molecule is C=CCNC(=O)C(=O)C(CCC)NC(=O)[C@@H]1[C@@H]2[C@H](CN1C(=O)[C@@H](NC(=O)N[C@H](C(=O)OCc1ccccc1)[C@@H](C)CC)C(C)(C)C)C2(C)C. The third-order valence-corrected chi connectivity index (χ3v) is 9.97. The molecule has 0 radical (unpaired) electrons. The predicted octanol–water partition coefficient (Wildman–Crippen LogP) is 3.50. The number of fused-ring (bicyclic) bond motifs is 1. The second-order valence-corrected chi connectivity index (χ2v) is 15.0. The lowest BCUT2D eigenvalue weighted by Gasteiger charge is -2.38. The van der Waals surface area contributed by atoms with Crippen LogP contribution in [-0.4, -0.2) is 77.7 Å². The van der Waals surface area contributed by atoms with Gasteiger partial charge in [-0.2, -0.15) is 0 Å². The molecule has 1 aliphatic carbocycles. The Morgan fingerprint density at radius 1 is 1.04 bits per heavy atom. The van der Waals surface area contributed by atoms with Gasteiger partial charge in [-0.25, -0.2) is 9.59 Å². The van der Waals surface area contributed by atoms with Crippen molar-refractivity contribution in [3.8, 4) is 0 Å². The van der Waals surface area contributed by atoms with E-state index in [1.807, 2.05) is 85.7 Å². The first-order chi connectivity index (χ1) is 23.0. The average Bonchev–Trinajstić information content (AvgIpc) is 3.36. The average molecular weight is 682 g/mol. The molecule has 1 aromatic rings. The summed E-state index contributed by atoms with van der Waals surface area (Å²) in [6, 6.07) is 4.56. The molecule has 1 unspecified atom stereocenters. The molecule has 1 aromatic carbocycles. The molecule has 3 rings (SSSR count). The number of hydrogen-bond donors (Lipinski definition) is 4. The Balaban J connectivity index is 1.79. The normalized spacial score (nSPS) is 21.6. The van der Waals surface area contributed by atoms with Gasteiger partial charge in [-0.05, 0) is 40.6 Å². The lowest BCUT2D eigenvalue weighted by atomic mass is 9.85. The van der Waals surface area contributed by atoms with Crippen LogP contribution < -0.4 is 21.3 Å². The van der Waals surface area contributed by atoms with Crippen LogP contribution >= 0.6 is 0 Å². The van der Waals surface area contributed by atoms with E-state index >= 15 is 0 Å². The molecule has 0 spiro atoms. The van der Waals surface area contributed by atoms with Crippen molar-refractivity contribution in [2.24, 2.45) is 28.6 Å². The number of likely N-dealkylation sites (tertiary alicyclic amines) is 1. The van der Waals surface area contributed by atoms with Crippen LogP contribution in [0, 0.1) is 28.6 Å². The molecule has 2 aliphatic rings. The molecule has 49 heavy (non-hydrogen) atoms. The molecular weight excluding hydrogens is 626 g/mol. The molecule has 2 fully saturated rings. The van der Waals surface area contributed by atoms with Gasteiger partial charge in [-0.3, -0.25) is 19.2 Å². The summed E-state index contributed by atoms with van der Waals surface area (Å²) in [6.07, 6.45) is 2.84. The highest BCUT2D eigenvalue weighted by molar-refractivity contribution is 6.38. The Bertz CT molecular complexity index is 1390. The summed E-state index contributed by atoms with van der Waals surface area (Å²) in [6.45, 7) is 19.1. The fourth-order valence-corrected chi connectivity index (χ4v) is 6.65. The van der Waals surface area contributed by atoms with E-state index in [4.69, 9.17) is 4.74 Å². The van der Waals surface area contributed by atoms with E-state index in [9.17, 15) is 28.8 Å². The minimum absolute atomic E-state index is 0.0482. The summed E-state index contributed by atoms with van der Waals surface area (Å²) in [4.78, 5) is 81.8. The summed E-state index contributed by atoms with van der Waals surface area (Å²) in [5.41, 5.74) is -0.175. The first-order valence-electron chi connectivity index (χ1n) is 17.3. The smallest absolute Gasteiger partial charge is 0.329 e. The molecule has 4 N–H and O–H groups in total. The quantitative estimate of drug-likeness (QED) is 0.118. The lowest BCUT2D eigenvalue weighted by Crippen LogP contribution is -2.62. The molecule has 12 nitrogen and oxygen atoms in total. The number of nitrogens with one attached hydrogen (secondary N) is 4. The lowest BCUT2D eigenvalue weighted by molar-refractivity contribution is -0.148. The highest BCUT2D eigenvalue weighted by Gasteiger charge is 2.70. The fraction of sp³-hybridized carbons (Fsp3) is 0.622. The second-order valence-electron chi connectivity index (χ2n) is 15.0. The van der Waals surface area contributed by atoms with Crippen molar-refractivity contribution in [2.45, 2.75) is 105 Å². The van der Waals surface area contributed by atoms with Gasteiger partial charge in [0.15, 0.2) is 0 Å². The van der Waals surface area contributed by atoms with Crippen LogP contribution in [0.5, 0.6) is 0 Å². The Labute approximate surface area is 290 Å². The number of ether oxygens (including phenoxy) is 1. The molecule has 1 heterocycles. The molecule has 1 saturated heterocycles. The monoisotopic (exact) mass is 681 g/mol. The third-order valence-electron chi connectivity index (χ3n) is 9.97. The summed E-state index contributed by atoms with van der Waals surface area (Å²) < 4.78 is 5.54. The van der Waals surface area contributed by atoms with Crippen LogP contribution in [0.2, 0.25) is 0 Å². The van der Waals surface area contributed by atoms with E-state index in [2.05, 4.69) is 27.8 Å². The van der Waals surface area contributed by atoms with E-state index in [1.165, 1.54) is 11.0 Å². The number of urea groups is 1. The van der Waals surface area contributed by atoms with Gasteiger partial charge in [0.1, 0.15) is 24.7 Å². The Morgan fingerprint density at radius 2 is 1.69 bits per heavy atom. The number of carbonyl (C=O) groups is 6. The van der Waals surface area contributed by atoms with Gasteiger partial charge in [0.05, 0.1) is 6.04 Å². The van der Waals surface area contributed by atoms with Gasteiger partial charge in [0, 0.05) is 13.1 Å². The molecule has 12 heteroatoms. The molecule has 1 saturated carbocycles. The molecule has 1 aliphatic heterocycles. The van der Waals surface area contributed by atoms with Crippen molar-refractivity contribution < 1.29 is 33.5 Å². The molecule has 7 atom stereocenters. The Hall–Kier alpha value is -4.22. The first kappa shape index (κ1) is 39.2. The maximum atomic E-state index is 14.3. The van der Waals surface area contributed by atoms with E-state index in [0.29, 0.717) is 19.4 Å². The number of amides is 5. The molecular formula is C37H55N5O7. The minimum Gasteiger partial charge on any atom is -0.459 e. The number of carbonyl (C=O) groups excluding carboxylic acids is 6. The van der Waals surface area contributed by atoms with Crippen molar-refractivity contribution in [1.29, 1.82) is 0 Å². The number of hydrogen-bond acceptors (Lipinski definition) is 7. The van der Waals surface area contributed by atoms with Gasteiger partial charge in [0.2, 0.25) is 17.6 Å². The van der Waals surface area contributed by atoms with Crippen LogP contribution in [0.15, 0.2) is 43.0 Å². The predicted molar refractivity (Wildman–Crippen MR) is 186 cm³/mol. The van der Waals surface area contributed by atoms with Crippen molar-refractivity contribution in [3.63, 3.8) is 0 Å². The van der Waals surface area contributed by atoms with E-state index in [0.717, 1.165) is 5.56 Å². The summed E-state index contributed by atoms with van der Waals surface area (Å²) >= 11 is 0. The van der Waals surface area contributed by atoms with E-state index in [-0.39, 0.29) is 42.7 Å². The van der Waals surface area contributed by atoms with Crippen molar-refractivity contribution >= 4 is 35.5 Å². The van der Waals surface area contributed by atoms with Crippen LogP contribution in [0.1, 0.15) is 80.2 Å². The number of rotatable bonds is 16. The van der Waals surface area contributed by atoms with Gasteiger partial charge in [-0.1, -0.05) is 105 Å². The molecule has 270 valence electrons. The van der Waals surface area contributed by atoms with Gasteiger partial charge in [0.25, 0.3) is 5.91 Å². The van der Waals surface area contributed by atoms with Crippen LogP contribution in [-0.2, 0) is 35.3 Å². The summed E-state index contributed by atoms with van der Waals surface area (Å²) in [5, 5.41) is 10.8. The number of ketones is 1. The van der Waals surface area contributed by atoms with Crippen LogP contribution in [0.25, 0.3) is 0 Å². The number of piperidine rings is 1. The number of benzene rings is 1. The van der Waals surface area contributed by atoms with Crippen molar-refractivity contribution in [2.75, 3.05) is 13.1 Å². The summed E-state index contributed by atoms with van der Waals surface area (Å²) in [5.74, 6) is -3.48. The van der Waals surface area contributed by atoms with Gasteiger partial charge in [-0.15, -0.1) is 6.58 Å². The first-order valence-corrected chi connectivity index (χ1v) is 17.3. The molecule has 0 aromatic heterocycles. The standard InChI is InChI=1S/C37H55N5O7/c1-10-16-25(29(43)32(45)38-19-11-2)39-31(44)28-26-24(37(26,8)9)20-42(28)33(46)30(36(5,6)7)41-35(48)40-27(22(4)12-3)34(47)49-21-23-17-14-13-15-18-23/h11,13-15,17-18,22,24-28,30H,2,10,12,16,19-21H2,1,3-9H3,(H,38,45)(H,39,44)(H2,40,41,48)/t22-,24-,25?,26-,27-,28-,30+/m0/s1. The zero-order valence-electron chi connectivity index (χ0n) is 30.3. The largest absolute Gasteiger partial charge is 0.459 e. The molecule has 5 amide bonds. The van der Waals surface area contributed by atoms with E-state index in [1.54, 1.807) is 0 Å². The highest BCUT2D eigenvalue weighted by Crippen LogP contribution is 2.65. The zero-order chi connectivity index (χ0) is 36.7. The minimum atomic E-state index is -1.06. The Kier molecular flexibility index (Phi) is 13.2. The van der Waals surface area contributed by atoms with Crippen LogP contribution in [0.4, 0.5) is 4.79 Å². The van der Waals surface area contributed by atoms with Crippen molar-refractivity contribution in [3.05, 3.63) is 48.6 Å². The van der Waals surface area contributed by atoms with Crippen LogP contribution in [0.3, 0.4) is 0 Å². The number of Topliss-reactive ketones (excluding diaryl/α,β-unsaturated/α-hetero) is 1. The molecule has 0 bridgehead atoms. The Morgan fingerprint density at radius 3 is 2.27 bits per heavy atom. The summed E-state index contributed by atoms with van der Waals surface area (Å²) in [7, 11) is 0. The third kappa shape index (κ3) is 9.48. The number of esters is 1. The maximum Gasteiger partial charge on any atom is 0.329 e. The second kappa shape index (κ2) is 16.5. The number of nitrogens with zero attached hydrogens (tertiary/aromatic N) is 1. The topological polar surface area (TPSA) is 163 Å². The highest BCUT2D eigenvalue weighted by atomic mass is 16.5. The fourth-order valence-electron chi connectivity index (χ4n) is 6.65. The zero-order valence-corrected chi connectivity index (χ0v) is 30.3. The van der Waals surface area contributed by atoms with E-state index < -0.39 is 65.1 Å². The van der Waals surface area contributed by atoms with Gasteiger partial charge >= 0.3 is 12.0 Å². The van der Waals surface area contributed by atoms with Crippen molar-refractivity contribution in [1.82, 2.24) is 26.2 Å².